The van der Waals surface area contributed by atoms with Crippen LogP contribution >= 0.6 is 0 Å². The summed E-state index contributed by atoms with van der Waals surface area (Å²) in [5.74, 6) is 0.222. The topological polar surface area (TPSA) is 56.7 Å². The highest BCUT2D eigenvalue weighted by Gasteiger charge is 2.30. The molecule has 0 saturated carbocycles. The lowest BCUT2D eigenvalue weighted by Crippen LogP contribution is -2.56. The van der Waals surface area contributed by atoms with Crippen LogP contribution in [-0.4, -0.2) is 46.1 Å². The van der Waals surface area contributed by atoms with Crippen LogP contribution in [0.4, 0.5) is 5.82 Å². The highest BCUT2D eigenvalue weighted by molar-refractivity contribution is 5.70. The van der Waals surface area contributed by atoms with Gasteiger partial charge in [0.15, 0.2) is 0 Å². The van der Waals surface area contributed by atoms with Gasteiger partial charge in [-0.3, -0.25) is 9.69 Å². The number of nitrogens with zero attached hydrogens (tertiary/aromatic N) is 3. The zero-order chi connectivity index (χ0) is 21.8. The van der Waals surface area contributed by atoms with E-state index in [9.17, 15) is 4.79 Å². The molecule has 5 nitrogen and oxygen atoms in total. The van der Waals surface area contributed by atoms with Gasteiger partial charge in [0.1, 0.15) is 5.82 Å². The van der Waals surface area contributed by atoms with Crippen LogP contribution in [0.3, 0.4) is 0 Å². The number of carboxylic acid groups (broad SMARTS) is 1. The maximum atomic E-state index is 11.0. The van der Waals surface area contributed by atoms with Crippen molar-refractivity contribution in [1.82, 2.24) is 9.88 Å². The fourth-order valence-corrected chi connectivity index (χ4v) is 4.45. The SMILES string of the molecule is C[C@@H]1CN(c2ccc(-c3ccccc3)cn2)C[C@H](C)N1Cc1cccc(CC(=O)O)c1. The number of aromatic nitrogens is 1. The van der Waals surface area contributed by atoms with Crippen molar-refractivity contribution in [1.29, 1.82) is 0 Å². The van der Waals surface area contributed by atoms with Gasteiger partial charge < -0.3 is 10.0 Å². The lowest BCUT2D eigenvalue weighted by Gasteiger charge is -2.45. The fourth-order valence-electron chi connectivity index (χ4n) is 4.45. The van der Waals surface area contributed by atoms with Gasteiger partial charge >= 0.3 is 5.97 Å². The molecule has 1 aromatic heterocycles. The normalized spacial score (nSPS) is 19.4. The summed E-state index contributed by atoms with van der Waals surface area (Å²) in [6, 6.07) is 23.2. The predicted molar refractivity (Wildman–Crippen MR) is 124 cm³/mol. The highest BCUT2D eigenvalue weighted by Crippen LogP contribution is 2.25. The van der Waals surface area contributed by atoms with E-state index in [2.05, 4.69) is 54.0 Å². The van der Waals surface area contributed by atoms with Crippen LogP contribution in [0.2, 0.25) is 0 Å². The van der Waals surface area contributed by atoms with E-state index in [4.69, 9.17) is 10.1 Å². The molecule has 31 heavy (non-hydrogen) atoms. The van der Waals surface area contributed by atoms with E-state index in [1.165, 1.54) is 5.56 Å². The molecule has 1 N–H and O–H groups in total. The van der Waals surface area contributed by atoms with Crippen LogP contribution in [-0.2, 0) is 17.8 Å². The highest BCUT2D eigenvalue weighted by atomic mass is 16.4. The molecule has 2 atom stereocenters. The number of rotatable bonds is 6. The first-order valence-electron chi connectivity index (χ1n) is 10.8. The molecule has 2 aromatic carbocycles. The Bertz CT molecular complexity index is 1010. The maximum Gasteiger partial charge on any atom is 0.307 e. The minimum Gasteiger partial charge on any atom is -0.481 e. The first-order valence-corrected chi connectivity index (χ1v) is 10.8. The van der Waals surface area contributed by atoms with Crippen molar-refractivity contribution in [3.05, 3.63) is 84.1 Å². The second-order valence-corrected chi connectivity index (χ2v) is 8.44. The molecule has 0 unspecified atom stereocenters. The number of hydrogen-bond donors (Lipinski definition) is 1. The summed E-state index contributed by atoms with van der Waals surface area (Å²) in [5, 5.41) is 9.06. The fraction of sp³-hybridized carbons (Fsp3) is 0.308. The van der Waals surface area contributed by atoms with E-state index in [1.807, 2.05) is 42.6 Å². The van der Waals surface area contributed by atoms with Gasteiger partial charge in [-0.1, -0.05) is 54.6 Å². The summed E-state index contributed by atoms with van der Waals surface area (Å²) in [7, 11) is 0. The van der Waals surface area contributed by atoms with Crippen molar-refractivity contribution in [2.75, 3.05) is 18.0 Å². The Kier molecular flexibility index (Phi) is 6.33. The molecule has 0 amide bonds. The Labute approximate surface area is 184 Å². The Balaban J connectivity index is 1.43. The third kappa shape index (κ3) is 5.12. The van der Waals surface area contributed by atoms with Crippen molar-refractivity contribution < 1.29 is 9.90 Å². The Morgan fingerprint density at radius 3 is 2.29 bits per heavy atom. The van der Waals surface area contributed by atoms with E-state index in [1.54, 1.807) is 0 Å². The first-order chi connectivity index (χ1) is 15.0. The molecule has 1 fully saturated rings. The average molecular weight is 416 g/mol. The van der Waals surface area contributed by atoms with Crippen molar-refractivity contribution in [3.8, 4) is 11.1 Å². The van der Waals surface area contributed by atoms with Crippen LogP contribution in [0.25, 0.3) is 11.1 Å². The summed E-state index contributed by atoms with van der Waals surface area (Å²) in [6.07, 6.45) is 2.03. The molecule has 160 valence electrons. The molecule has 0 bridgehead atoms. The second-order valence-electron chi connectivity index (χ2n) is 8.44. The van der Waals surface area contributed by atoms with Gasteiger partial charge in [0.05, 0.1) is 6.42 Å². The van der Waals surface area contributed by atoms with E-state index in [0.717, 1.165) is 42.1 Å². The van der Waals surface area contributed by atoms with E-state index in [0.29, 0.717) is 12.1 Å². The Morgan fingerprint density at radius 1 is 0.935 bits per heavy atom. The van der Waals surface area contributed by atoms with Gasteiger partial charge in [0, 0.05) is 43.5 Å². The number of pyridine rings is 1. The Morgan fingerprint density at radius 2 is 1.65 bits per heavy atom. The second kappa shape index (κ2) is 9.31. The zero-order valence-corrected chi connectivity index (χ0v) is 18.1. The van der Waals surface area contributed by atoms with Crippen molar-refractivity contribution in [2.24, 2.45) is 0 Å². The molecular weight excluding hydrogens is 386 g/mol. The van der Waals surface area contributed by atoms with Gasteiger partial charge in [-0.25, -0.2) is 4.98 Å². The largest absolute Gasteiger partial charge is 0.481 e. The summed E-state index contributed by atoms with van der Waals surface area (Å²) in [6.45, 7) is 7.15. The lowest BCUT2D eigenvalue weighted by atomic mass is 10.0. The van der Waals surface area contributed by atoms with Crippen molar-refractivity contribution in [2.45, 2.75) is 38.9 Å². The third-order valence-corrected chi connectivity index (χ3v) is 5.99. The molecule has 0 spiro atoms. The van der Waals surface area contributed by atoms with Crippen LogP contribution in [0.1, 0.15) is 25.0 Å². The predicted octanol–water partition coefficient (Wildman–Crippen LogP) is 4.47. The average Bonchev–Trinajstić information content (AvgIpc) is 2.77. The minimum atomic E-state index is -0.793. The standard InChI is InChI=1S/C26H29N3O2/c1-19-16-28(25-12-11-24(15-27-25)23-9-4-3-5-10-23)17-20(2)29(19)18-22-8-6-7-21(13-22)14-26(30)31/h3-13,15,19-20H,14,16-18H2,1-2H3,(H,30,31)/t19-,20+. The molecule has 5 heteroatoms. The molecule has 3 aromatic rings. The number of piperazine rings is 1. The van der Waals surface area contributed by atoms with Gasteiger partial charge in [0.25, 0.3) is 0 Å². The molecule has 0 aliphatic carbocycles. The number of anilines is 1. The van der Waals surface area contributed by atoms with Crippen molar-refractivity contribution in [3.63, 3.8) is 0 Å². The van der Waals surface area contributed by atoms with Gasteiger partial charge in [-0.2, -0.15) is 0 Å². The van der Waals surface area contributed by atoms with Crippen LogP contribution < -0.4 is 4.90 Å². The smallest absolute Gasteiger partial charge is 0.307 e. The van der Waals surface area contributed by atoms with Crippen LogP contribution in [0.5, 0.6) is 0 Å². The monoisotopic (exact) mass is 415 g/mol. The van der Waals surface area contributed by atoms with E-state index in [-0.39, 0.29) is 6.42 Å². The maximum absolute atomic E-state index is 11.0. The lowest BCUT2D eigenvalue weighted by molar-refractivity contribution is -0.136. The summed E-state index contributed by atoms with van der Waals surface area (Å²) in [4.78, 5) is 20.6. The minimum absolute atomic E-state index is 0.0668. The van der Waals surface area contributed by atoms with Crippen molar-refractivity contribution >= 4 is 11.8 Å². The zero-order valence-electron chi connectivity index (χ0n) is 18.1. The Hall–Kier alpha value is -3.18. The number of carboxylic acids is 1. The summed E-state index contributed by atoms with van der Waals surface area (Å²) >= 11 is 0. The molecule has 4 rings (SSSR count). The van der Waals surface area contributed by atoms with E-state index >= 15 is 0 Å². The third-order valence-electron chi connectivity index (χ3n) is 5.99. The number of carbonyl (C=O) groups is 1. The van der Waals surface area contributed by atoms with Gasteiger partial charge in [0.2, 0.25) is 0 Å². The quantitative estimate of drug-likeness (QED) is 0.644. The molecular formula is C26H29N3O2. The van der Waals surface area contributed by atoms with Crippen LogP contribution in [0.15, 0.2) is 72.9 Å². The number of aliphatic carboxylic acids is 1. The van der Waals surface area contributed by atoms with Gasteiger partial charge in [-0.15, -0.1) is 0 Å². The molecule has 2 heterocycles. The van der Waals surface area contributed by atoms with E-state index < -0.39 is 5.97 Å². The summed E-state index contributed by atoms with van der Waals surface area (Å²) in [5.41, 5.74) is 4.33. The molecule has 1 aliphatic heterocycles. The first kappa shape index (κ1) is 21.1. The number of hydrogen-bond acceptors (Lipinski definition) is 4. The molecule has 1 aliphatic rings. The van der Waals surface area contributed by atoms with Gasteiger partial charge in [-0.05, 0) is 42.7 Å². The molecule has 0 radical (unpaired) electrons. The number of benzene rings is 2. The van der Waals surface area contributed by atoms with Crippen LogP contribution in [0, 0.1) is 0 Å². The summed E-state index contributed by atoms with van der Waals surface area (Å²) < 4.78 is 0. The molecule has 1 saturated heterocycles.